The molecule has 0 aliphatic carbocycles. The molecule has 2 heterocycles. The van der Waals surface area contributed by atoms with Gasteiger partial charge in [-0.15, -0.1) is 0 Å². The van der Waals surface area contributed by atoms with Crippen LogP contribution in [0, 0.1) is 11.6 Å². The van der Waals surface area contributed by atoms with Crippen LogP contribution in [0.1, 0.15) is 32.0 Å². The Kier molecular flexibility index (Phi) is 4.66. The zero-order valence-corrected chi connectivity index (χ0v) is 13.3. The second kappa shape index (κ2) is 7.06. The number of benzene rings is 1. The van der Waals surface area contributed by atoms with E-state index in [0.717, 1.165) is 6.07 Å². The molecule has 1 amide bonds. The van der Waals surface area contributed by atoms with Crippen LogP contribution in [0.25, 0.3) is 6.08 Å². The summed E-state index contributed by atoms with van der Waals surface area (Å²) in [4.78, 5) is 34.7. The lowest BCUT2D eigenvalue weighted by atomic mass is 10.0. The van der Waals surface area contributed by atoms with E-state index < -0.39 is 28.9 Å². The molecule has 1 aromatic carbocycles. The second-order valence-corrected chi connectivity index (χ2v) is 5.24. The maximum atomic E-state index is 14.3. The summed E-state index contributed by atoms with van der Waals surface area (Å²) in [5.74, 6) is -3.44. The number of hydrogen-bond acceptors (Lipinski definition) is 4. The maximum Gasteiger partial charge on any atom is 0.272 e. The molecule has 3 aromatic rings. The average Bonchev–Trinajstić information content (AvgIpc) is 3.13. The molecule has 130 valence electrons. The van der Waals surface area contributed by atoms with Gasteiger partial charge < -0.3 is 10.3 Å². The molecule has 6 nitrogen and oxygen atoms in total. The van der Waals surface area contributed by atoms with Crippen LogP contribution in [-0.4, -0.2) is 26.6 Å². The molecule has 0 aliphatic rings. The minimum absolute atomic E-state index is 0.00679. The zero-order valence-electron chi connectivity index (χ0n) is 13.3. The summed E-state index contributed by atoms with van der Waals surface area (Å²) in [5, 5.41) is 2.52. The highest BCUT2D eigenvalue weighted by molar-refractivity contribution is 6.11. The van der Waals surface area contributed by atoms with Gasteiger partial charge in [0, 0.05) is 17.3 Å². The molecule has 0 atom stereocenters. The van der Waals surface area contributed by atoms with Crippen molar-refractivity contribution in [3.63, 3.8) is 0 Å². The molecule has 2 N–H and O–H groups in total. The number of carbonyl (C=O) groups excluding carboxylic acids is 2. The zero-order chi connectivity index (χ0) is 18.7. The molecule has 2 aromatic heterocycles. The third-order valence-corrected chi connectivity index (χ3v) is 3.58. The van der Waals surface area contributed by atoms with E-state index in [2.05, 4.69) is 26.8 Å². The highest BCUT2D eigenvalue weighted by Gasteiger charge is 2.23. The van der Waals surface area contributed by atoms with Crippen molar-refractivity contribution in [3.8, 4) is 0 Å². The first kappa shape index (κ1) is 17.2. The van der Waals surface area contributed by atoms with Gasteiger partial charge >= 0.3 is 0 Å². The van der Waals surface area contributed by atoms with Gasteiger partial charge in [0.05, 0.1) is 23.6 Å². The van der Waals surface area contributed by atoms with Crippen molar-refractivity contribution in [2.45, 2.75) is 0 Å². The summed E-state index contributed by atoms with van der Waals surface area (Å²) < 4.78 is 28.2. The number of nitrogens with zero attached hydrogens (tertiary/aromatic N) is 2. The molecular weight excluding hydrogens is 342 g/mol. The van der Waals surface area contributed by atoms with Crippen LogP contribution in [0.2, 0.25) is 0 Å². The number of hydrogen-bond donors (Lipinski definition) is 2. The Morgan fingerprint density at radius 2 is 1.92 bits per heavy atom. The summed E-state index contributed by atoms with van der Waals surface area (Å²) in [6.45, 7) is 3.42. The van der Waals surface area contributed by atoms with Gasteiger partial charge in [0.15, 0.2) is 0 Å². The van der Waals surface area contributed by atoms with Crippen LogP contribution < -0.4 is 5.32 Å². The molecule has 0 fully saturated rings. The number of aromatic amines is 1. The molecule has 0 saturated carbocycles. The standard InChI is InChI=1S/C18H12F2N4O2/c1-2-10-3-4-13(19)15(16(10)20)17(25)11-5-14(23-6-11)18(26)24-12-7-21-9-22-8-12/h2-9,23H,1H2,(H,24,26). The number of ketones is 1. The van der Waals surface area contributed by atoms with E-state index in [1.165, 1.54) is 43.1 Å². The number of nitrogens with one attached hydrogen (secondary N) is 2. The number of H-pyrrole nitrogens is 1. The Balaban J connectivity index is 1.87. The molecule has 8 heteroatoms. The van der Waals surface area contributed by atoms with Crippen LogP contribution in [0.3, 0.4) is 0 Å². The third-order valence-electron chi connectivity index (χ3n) is 3.58. The number of amides is 1. The number of anilines is 1. The fourth-order valence-electron chi connectivity index (χ4n) is 2.30. The smallest absolute Gasteiger partial charge is 0.272 e. The first-order valence-electron chi connectivity index (χ1n) is 7.41. The Morgan fingerprint density at radius 3 is 2.62 bits per heavy atom. The Morgan fingerprint density at radius 1 is 1.19 bits per heavy atom. The Hall–Kier alpha value is -3.68. The van der Waals surface area contributed by atoms with Gasteiger partial charge in [-0.2, -0.15) is 0 Å². The van der Waals surface area contributed by atoms with Crippen LogP contribution >= 0.6 is 0 Å². The summed E-state index contributed by atoms with van der Waals surface area (Å²) in [6.07, 6.45) is 6.49. The molecule has 0 radical (unpaired) electrons. The van der Waals surface area contributed by atoms with E-state index in [4.69, 9.17) is 0 Å². The highest BCUT2D eigenvalue weighted by Crippen LogP contribution is 2.22. The number of halogens is 2. The lowest BCUT2D eigenvalue weighted by molar-refractivity contribution is 0.102. The normalized spacial score (nSPS) is 10.4. The highest BCUT2D eigenvalue weighted by atomic mass is 19.1. The van der Waals surface area contributed by atoms with Gasteiger partial charge in [-0.3, -0.25) is 9.59 Å². The lowest BCUT2D eigenvalue weighted by Crippen LogP contribution is -2.12. The number of carbonyl (C=O) groups is 2. The predicted molar refractivity (Wildman–Crippen MR) is 90.7 cm³/mol. The van der Waals surface area contributed by atoms with Crippen molar-refractivity contribution in [2.75, 3.05) is 5.32 Å². The minimum atomic E-state index is -1.00. The number of aromatic nitrogens is 3. The molecule has 0 saturated heterocycles. The fraction of sp³-hybridized carbons (Fsp3) is 0. The quantitative estimate of drug-likeness (QED) is 0.689. The molecular formula is C18H12F2N4O2. The van der Waals surface area contributed by atoms with Crippen molar-refractivity contribution in [3.05, 3.63) is 83.7 Å². The van der Waals surface area contributed by atoms with Crippen molar-refractivity contribution in [1.82, 2.24) is 15.0 Å². The van der Waals surface area contributed by atoms with E-state index in [-0.39, 0.29) is 16.8 Å². The molecule has 0 bridgehead atoms. The summed E-state index contributed by atoms with van der Waals surface area (Å²) in [5.41, 5.74) is -0.357. The van der Waals surface area contributed by atoms with Gasteiger partial charge in [-0.25, -0.2) is 18.7 Å². The van der Waals surface area contributed by atoms with Crippen LogP contribution in [0.4, 0.5) is 14.5 Å². The predicted octanol–water partition coefficient (Wildman–Crippen LogP) is 3.21. The van der Waals surface area contributed by atoms with Gasteiger partial charge in [0.1, 0.15) is 23.7 Å². The second-order valence-electron chi connectivity index (χ2n) is 5.24. The maximum absolute atomic E-state index is 14.3. The van der Waals surface area contributed by atoms with Crippen molar-refractivity contribution in [1.29, 1.82) is 0 Å². The van der Waals surface area contributed by atoms with Gasteiger partial charge in [-0.1, -0.05) is 12.7 Å². The van der Waals surface area contributed by atoms with Crippen molar-refractivity contribution < 1.29 is 18.4 Å². The van der Waals surface area contributed by atoms with E-state index in [0.29, 0.717) is 5.69 Å². The Labute approximate surface area is 146 Å². The van der Waals surface area contributed by atoms with Gasteiger partial charge in [0.2, 0.25) is 5.78 Å². The van der Waals surface area contributed by atoms with Gasteiger partial charge in [0.25, 0.3) is 5.91 Å². The molecule has 0 spiro atoms. The first-order valence-corrected chi connectivity index (χ1v) is 7.41. The fourth-order valence-corrected chi connectivity index (χ4v) is 2.30. The Bertz CT molecular complexity index is 1000. The largest absolute Gasteiger partial charge is 0.356 e. The van der Waals surface area contributed by atoms with Crippen LogP contribution in [0.5, 0.6) is 0 Å². The summed E-state index contributed by atoms with van der Waals surface area (Å²) in [7, 11) is 0. The SMILES string of the molecule is C=Cc1ccc(F)c(C(=O)c2c[nH]c(C(=O)Nc3cncnc3)c2)c1F. The van der Waals surface area contributed by atoms with Crippen LogP contribution in [0.15, 0.2) is 49.7 Å². The first-order chi connectivity index (χ1) is 12.5. The summed E-state index contributed by atoms with van der Waals surface area (Å²) in [6, 6.07) is 3.39. The third kappa shape index (κ3) is 3.25. The van der Waals surface area contributed by atoms with E-state index in [1.807, 2.05) is 0 Å². The van der Waals surface area contributed by atoms with E-state index >= 15 is 0 Å². The summed E-state index contributed by atoms with van der Waals surface area (Å²) >= 11 is 0. The average molecular weight is 354 g/mol. The van der Waals surface area contributed by atoms with Crippen LogP contribution in [-0.2, 0) is 0 Å². The van der Waals surface area contributed by atoms with Gasteiger partial charge in [-0.05, 0) is 18.2 Å². The minimum Gasteiger partial charge on any atom is -0.356 e. The molecule has 3 rings (SSSR count). The van der Waals surface area contributed by atoms with E-state index in [9.17, 15) is 18.4 Å². The topological polar surface area (TPSA) is 87.7 Å². The van der Waals surface area contributed by atoms with E-state index in [1.54, 1.807) is 0 Å². The molecule has 0 aliphatic heterocycles. The molecule has 26 heavy (non-hydrogen) atoms. The van der Waals surface area contributed by atoms with Crippen molar-refractivity contribution in [2.24, 2.45) is 0 Å². The number of rotatable bonds is 5. The lowest BCUT2D eigenvalue weighted by Gasteiger charge is -2.05. The van der Waals surface area contributed by atoms with Crippen molar-refractivity contribution >= 4 is 23.5 Å². The molecule has 0 unspecified atom stereocenters. The monoisotopic (exact) mass is 354 g/mol.